The summed E-state index contributed by atoms with van der Waals surface area (Å²) in [4.78, 5) is 29.8. The van der Waals surface area contributed by atoms with Crippen LogP contribution < -0.4 is 24.4 Å². The molecule has 0 spiro atoms. The standard InChI is InChI=1S/C27H27N3O5S/c1-33-21-12-10-20(11-13-21)30-26(32)22(16-25(31)28-19-7-5-4-6-8-19)29(27(30)36)17-18-9-14-23(34-2)24(15-18)35-3/h4-15,22H,16-17H2,1-3H3,(H,28,31). The molecule has 9 heteroatoms. The minimum Gasteiger partial charge on any atom is -0.497 e. The van der Waals surface area contributed by atoms with Crippen LogP contribution in [0.3, 0.4) is 0 Å². The monoisotopic (exact) mass is 505 g/mol. The zero-order valence-electron chi connectivity index (χ0n) is 20.3. The smallest absolute Gasteiger partial charge is 0.256 e. The SMILES string of the molecule is COc1ccc(N2C(=O)C(CC(=O)Nc3ccccc3)N(Cc3ccc(OC)c(OC)c3)C2=S)cc1. The maximum Gasteiger partial charge on any atom is 0.256 e. The van der Waals surface area contributed by atoms with E-state index in [1.807, 2.05) is 30.3 Å². The molecule has 0 radical (unpaired) electrons. The average Bonchev–Trinajstić information content (AvgIpc) is 3.12. The van der Waals surface area contributed by atoms with Crippen LogP contribution in [-0.2, 0) is 16.1 Å². The summed E-state index contributed by atoms with van der Waals surface area (Å²) in [7, 11) is 4.71. The summed E-state index contributed by atoms with van der Waals surface area (Å²) in [6.07, 6.45) is -0.0617. The summed E-state index contributed by atoms with van der Waals surface area (Å²) in [6.45, 7) is 0.306. The lowest BCUT2D eigenvalue weighted by molar-refractivity contribution is -0.124. The first kappa shape index (κ1) is 25.0. The number of rotatable bonds is 9. The predicted octanol–water partition coefficient (Wildman–Crippen LogP) is 4.24. The molecular formula is C27H27N3O5S. The summed E-state index contributed by atoms with van der Waals surface area (Å²) in [5.74, 6) is 1.28. The first-order chi connectivity index (χ1) is 17.4. The first-order valence-electron chi connectivity index (χ1n) is 11.3. The number of para-hydroxylation sites is 1. The highest BCUT2D eigenvalue weighted by molar-refractivity contribution is 7.80. The second-order valence-corrected chi connectivity index (χ2v) is 8.47. The number of nitrogens with one attached hydrogen (secondary N) is 1. The molecule has 1 aliphatic rings. The van der Waals surface area contributed by atoms with Crippen LogP contribution in [0.2, 0.25) is 0 Å². The van der Waals surface area contributed by atoms with Crippen molar-refractivity contribution in [1.29, 1.82) is 0 Å². The van der Waals surface area contributed by atoms with E-state index in [-0.39, 0.29) is 18.2 Å². The van der Waals surface area contributed by atoms with Gasteiger partial charge in [-0.15, -0.1) is 0 Å². The molecule has 1 aliphatic heterocycles. The number of carbonyl (C=O) groups excluding carboxylic acids is 2. The molecule has 8 nitrogen and oxygen atoms in total. The summed E-state index contributed by atoms with van der Waals surface area (Å²) in [5, 5.41) is 3.18. The van der Waals surface area contributed by atoms with Crippen molar-refractivity contribution in [2.75, 3.05) is 31.5 Å². The van der Waals surface area contributed by atoms with Crippen molar-refractivity contribution in [2.45, 2.75) is 19.0 Å². The number of thiocarbonyl (C=S) groups is 1. The largest absolute Gasteiger partial charge is 0.497 e. The number of anilines is 2. The maximum absolute atomic E-state index is 13.6. The molecule has 0 aliphatic carbocycles. The van der Waals surface area contributed by atoms with Gasteiger partial charge in [-0.05, 0) is 66.3 Å². The topological polar surface area (TPSA) is 80.3 Å². The van der Waals surface area contributed by atoms with Crippen molar-refractivity contribution >= 4 is 40.5 Å². The average molecular weight is 506 g/mol. The van der Waals surface area contributed by atoms with Crippen molar-refractivity contribution < 1.29 is 23.8 Å². The fourth-order valence-electron chi connectivity index (χ4n) is 4.07. The molecule has 0 aromatic heterocycles. The molecule has 0 saturated carbocycles. The van der Waals surface area contributed by atoms with Crippen molar-refractivity contribution in [1.82, 2.24) is 4.90 Å². The van der Waals surface area contributed by atoms with E-state index >= 15 is 0 Å². The van der Waals surface area contributed by atoms with Gasteiger partial charge in [-0.3, -0.25) is 14.5 Å². The van der Waals surface area contributed by atoms with Gasteiger partial charge in [-0.2, -0.15) is 0 Å². The van der Waals surface area contributed by atoms with Gasteiger partial charge in [0.05, 0.1) is 33.4 Å². The minimum absolute atomic E-state index is 0.0617. The van der Waals surface area contributed by atoms with Crippen molar-refractivity contribution in [3.8, 4) is 17.2 Å². The molecule has 1 atom stereocenters. The first-order valence-corrected chi connectivity index (χ1v) is 11.7. The lowest BCUT2D eigenvalue weighted by Crippen LogP contribution is -2.37. The van der Waals surface area contributed by atoms with Gasteiger partial charge in [0.25, 0.3) is 5.91 Å². The highest BCUT2D eigenvalue weighted by Crippen LogP contribution is 2.32. The van der Waals surface area contributed by atoms with Gasteiger partial charge in [0.2, 0.25) is 5.91 Å². The molecule has 186 valence electrons. The molecule has 1 fully saturated rings. The number of hydrogen-bond acceptors (Lipinski definition) is 6. The maximum atomic E-state index is 13.6. The Morgan fingerprint density at radius 1 is 0.917 bits per heavy atom. The summed E-state index contributed by atoms with van der Waals surface area (Å²) in [5.41, 5.74) is 2.12. The van der Waals surface area contributed by atoms with E-state index in [1.54, 1.807) is 68.7 Å². The molecule has 1 saturated heterocycles. The Kier molecular flexibility index (Phi) is 7.70. The van der Waals surface area contributed by atoms with Crippen LogP contribution in [0.15, 0.2) is 72.8 Å². The Morgan fingerprint density at radius 3 is 2.25 bits per heavy atom. The highest BCUT2D eigenvalue weighted by atomic mass is 32.1. The van der Waals surface area contributed by atoms with Gasteiger partial charge in [0.15, 0.2) is 16.6 Å². The number of carbonyl (C=O) groups is 2. The van der Waals surface area contributed by atoms with Crippen LogP contribution in [0.5, 0.6) is 17.2 Å². The zero-order valence-corrected chi connectivity index (χ0v) is 21.1. The van der Waals surface area contributed by atoms with Gasteiger partial charge >= 0.3 is 0 Å². The van der Waals surface area contributed by atoms with E-state index in [2.05, 4.69) is 5.32 Å². The number of ether oxygens (including phenoxy) is 3. The fraction of sp³-hybridized carbons (Fsp3) is 0.222. The third kappa shape index (κ3) is 5.26. The Labute approximate surface area is 215 Å². The number of hydrogen-bond donors (Lipinski definition) is 1. The quantitative estimate of drug-likeness (QED) is 0.436. The van der Waals surface area contributed by atoms with Gasteiger partial charge in [0, 0.05) is 12.2 Å². The van der Waals surface area contributed by atoms with Crippen LogP contribution in [-0.4, -0.2) is 49.2 Å². The summed E-state index contributed by atoms with van der Waals surface area (Å²) in [6, 6.07) is 20.9. The van der Waals surface area contributed by atoms with Gasteiger partial charge in [0.1, 0.15) is 11.8 Å². The molecule has 1 unspecified atom stereocenters. The van der Waals surface area contributed by atoms with Crippen LogP contribution in [0, 0.1) is 0 Å². The van der Waals surface area contributed by atoms with Crippen LogP contribution in [0.1, 0.15) is 12.0 Å². The number of methoxy groups -OCH3 is 3. The van der Waals surface area contributed by atoms with Gasteiger partial charge in [-0.25, -0.2) is 0 Å². The summed E-state index contributed by atoms with van der Waals surface area (Å²) < 4.78 is 16.0. The molecule has 4 rings (SSSR count). The molecule has 1 heterocycles. The zero-order chi connectivity index (χ0) is 25.7. The van der Waals surface area contributed by atoms with Crippen molar-refractivity contribution in [3.05, 3.63) is 78.4 Å². The van der Waals surface area contributed by atoms with Crippen LogP contribution in [0.25, 0.3) is 0 Å². The van der Waals surface area contributed by atoms with Crippen molar-refractivity contribution in [3.63, 3.8) is 0 Å². The van der Waals surface area contributed by atoms with Gasteiger partial charge < -0.3 is 24.4 Å². The highest BCUT2D eigenvalue weighted by Gasteiger charge is 2.44. The van der Waals surface area contributed by atoms with Crippen LogP contribution in [0.4, 0.5) is 11.4 Å². The second-order valence-electron chi connectivity index (χ2n) is 8.11. The molecule has 3 aromatic rings. The Bertz CT molecular complexity index is 1250. The molecular weight excluding hydrogens is 478 g/mol. The number of benzene rings is 3. The van der Waals surface area contributed by atoms with E-state index < -0.39 is 6.04 Å². The van der Waals surface area contributed by atoms with E-state index in [0.717, 1.165) is 5.56 Å². The second kappa shape index (κ2) is 11.1. The Balaban J connectivity index is 1.63. The number of nitrogens with zero attached hydrogens (tertiary/aromatic N) is 2. The third-order valence-electron chi connectivity index (χ3n) is 5.89. The minimum atomic E-state index is -0.781. The lowest BCUT2D eigenvalue weighted by atomic mass is 10.1. The molecule has 36 heavy (non-hydrogen) atoms. The Morgan fingerprint density at radius 2 is 1.61 bits per heavy atom. The van der Waals surface area contributed by atoms with E-state index in [4.69, 9.17) is 26.4 Å². The normalized spacial score (nSPS) is 15.1. The number of amides is 2. The summed E-state index contributed by atoms with van der Waals surface area (Å²) >= 11 is 5.76. The van der Waals surface area contributed by atoms with Crippen LogP contribution >= 0.6 is 12.2 Å². The van der Waals surface area contributed by atoms with Crippen molar-refractivity contribution in [2.24, 2.45) is 0 Å². The van der Waals surface area contributed by atoms with E-state index in [1.165, 1.54) is 4.90 Å². The lowest BCUT2D eigenvalue weighted by Gasteiger charge is -2.24. The van der Waals surface area contributed by atoms with E-state index in [9.17, 15) is 9.59 Å². The van der Waals surface area contributed by atoms with Gasteiger partial charge in [-0.1, -0.05) is 24.3 Å². The van der Waals surface area contributed by atoms with E-state index in [0.29, 0.717) is 40.3 Å². The third-order valence-corrected chi connectivity index (χ3v) is 6.30. The molecule has 0 bridgehead atoms. The molecule has 1 N–H and O–H groups in total. The predicted molar refractivity (Wildman–Crippen MR) is 142 cm³/mol. The Hall–Kier alpha value is -4.11. The molecule has 2 amide bonds. The molecule has 3 aromatic carbocycles. The fourth-order valence-corrected chi connectivity index (χ4v) is 4.45.